The third-order valence-electron chi connectivity index (χ3n) is 3.78. The van der Waals surface area contributed by atoms with Crippen LogP contribution in [0.4, 0.5) is 0 Å². The predicted octanol–water partition coefficient (Wildman–Crippen LogP) is 2.56. The van der Waals surface area contributed by atoms with E-state index < -0.39 is 0 Å². The summed E-state index contributed by atoms with van der Waals surface area (Å²) in [5, 5.41) is 0. The zero-order valence-electron chi connectivity index (χ0n) is 11.4. The Morgan fingerprint density at radius 2 is 2.11 bits per heavy atom. The van der Waals surface area contributed by atoms with Gasteiger partial charge >= 0.3 is 0 Å². The second kappa shape index (κ2) is 6.57. The normalized spacial score (nSPS) is 16.1. The molecule has 1 amide bonds. The van der Waals surface area contributed by atoms with Crippen molar-refractivity contribution in [2.45, 2.75) is 39.0 Å². The fourth-order valence-electron chi connectivity index (χ4n) is 2.54. The molecule has 0 radical (unpaired) electrons. The number of ether oxygens (including phenoxy) is 1. The summed E-state index contributed by atoms with van der Waals surface area (Å²) in [5.74, 6) is 6.29. The van der Waals surface area contributed by atoms with Gasteiger partial charge in [-0.05, 0) is 43.4 Å². The van der Waals surface area contributed by atoms with Gasteiger partial charge in [-0.3, -0.25) is 10.2 Å². The van der Waals surface area contributed by atoms with Gasteiger partial charge in [0.2, 0.25) is 0 Å². The van der Waals surface area contributed by atoms with E-state index in [0.717, 1.165) is 17.9 Å². The van der Waals surface area contributed by atoms with Gasteiger partial charge in [0.05, 0.1) is 6.61 Å². The minimum absolute atomic E-state index is 0.289. The number of hydrazine groups is 1. The number of hydrogen-bond acceptors (Lipinski definition) is 3. The molecule has 1 aromatic carbocycles. The zero-order chi connectivity index (χ0) is 13.7. The first-order valence-corrected chi connectivity index (χ1v) is 6.95. The summed E-state index contributed by atoms with van der Waals surface area (Å²) < 4.78 is 5.89. The van der Waals surface area contributed by atoms with Crippen LogP contribution >= 0.6 is 0 Å². The lowest BCUT2D eigenvalue weighted by Crippen LogP contribution is -2.30. The Morgan fingerprint density at radius 1 is 1.37 bits per heavy atom. The van der Waals surface area contributed by atoms with Gasteiger partial charge in [0.1, 0.15) is 5.75 Å². The van der Waals surface area contributed by atoms with E-state index in [9.17, 15) is 4.79 Å². The summed E-state index contributed by atoms with van der Waals surface area (Å²) in [6, 6.07) is 5.41. The maximum atomic E-state index is 11.5. The van der Waals surface area contributed by atoms with E-state index in [1.54, 1.807) is 12.1 Å². The molecule has 0 saturated heterocycles. The SMILES string of the molecule is Cc1ccc(C(=O)NN)cc1OCC1CCCCC1. The monoisotopic (exact) mass is 262 g/mol. The second-order valence-electron chi connectivity index (χ2n) is 5.27. The first kappa shape index (κ1) is 13.9. The van der Waals surface area contributed by atoms with Crippen molar-refractivity contribution in [3.63, 3.8) is 0 Å². The first-order chi connectivity index (χ1) is 9.20. The van der Waals surface area contributed by atoms with Crippen molar-refractivity contribution in [2.24, 2.45) is 11.8 Å². The number of benzene rings is 1. The van der Waals surface area contributed by atoms with E-state index in [2.05, 4.69) is 5.43 Å². The van der Waals surface area contributed by atoms with Crippen molar-refractivity contribution in [2.75, 3.05) is 6.61 Å². The molecule has 0 atom stereocenters. The van der Waals surface area contributed by atoms with Crippen LogP contribution in [-0.2, 0) is 0 Å². The number of rotatable bonds is 4. The number of nitrogen functional groups attached to an aromatic ring is 1. The highest BCUT2D eigenvalue weighted by molar-refractivity contribution is 5.94. The van der Waals surface area contributed by atoms with E-state index >= 15 is 0 Å². The molecule has 1 aliphatic rings. The second-order valence-corrected chi connectivity index (χ2v) is 5.27. The lowest BCUT2D eigenvalue weighted by molar-refractivity contribution is 0.0953. The van der Waals surface area contributed by atoms with Crippen LogP contribution in [0.25, 0.3) is 0 Å². The van der Waals surface area contributed by atoms with Crippen molar-refractivity contribution in [3.05, 3.63) is 29.3 Å². The lowest BCUT2D eigenvalue weighted by Gasteiger charge is -2.22. The molecule has 104 valence electrons. The standard InChI is InChI=1S/C15H22N2O2/c1-11-7-8-13(15(18)17-16)9-14(11)19-10-12-5-3-2-4-6-12/h7-9,12H,2-6,10,16H2,1H3,(H,17,18). The molecule has 4 heteroatoms. The lowest BCUT2D eigenvalue weighted by atomic mass is 9.90. The third kappa shape index (κ3) is 3.70. The Labute approximate surface area is 114 Å². The molecule has 4 nitrogen and oxygen atoms in total. The van der Waals surface area contributed by atoms with Crippen LogP contribution in [0.1, 0.15) is 48.0 Å². The fraction of sp³-hybridized carbons (Fsp3) is 0.533. The van der Waals surface area contributed by atoms with E-state index in [-0.39, 0.29) is 5.91 Å². The fourth-order valence-corrected chi connectivity index (χ4v) is 2.54. The predicted molar refractivity (Wildman–Crippen MR) is 74.9 cm³/mol. The van der Waals surface area contributed by atoms with Gasteiger partial charge in [0.25, 0.3) is 5.91 Å². The molecule has 0 spiro atoms. The van der Waals surface area contributed by atoms with Crippen molar-refractivity contribution in [3.8, 4) is 5.75 Å². The summed E-state index contributed by atoms with van der Waals surface area (Å²) in [6.45, 7) is 2.73. The first-order valence-electron chi connectivity index (χ1n) is 6.95. The Kier molecular flexibility index (Phi) is 4.80. The number of nitrogens with one attached hydrogen (secondary N) is 1. The summed E-state index contributed by atoms with van der Waals surface area (Å²) in [4.78, 5) is 11.5. The highest BCUT2D eigenvalue weighted by Crippen LogP contribution is 2.26. The van der Waals surface area contributed by atoms with Crippen LogP contribution in [-0.4, -0.2) is 12.5 Å². The Hall–Kier alpha value is -1.55. The van der Waals surface area contributed by atoms with Crippen molar-refractivity contribution >= 4 is 5.91 Å². The average molecular weight is 262 g/mol. The maximum absolute atomic E-state index is 11.5. The average Bonchev–Trinajstić information content (AvgIpc) is 2.46. The van der Waals surface area contributed by atoms with Crippen molar-refractivity contribution in [1.82, 2.24) is 5.43 Å². The van der Waals surface area contributed by atoms with Crippen LogP contribution in [0.3, 0.4) is 0 Å². The molecule has 0 bridgehead atoms. The summed E-state index contributed by atoms with van der Waals surface area (Å²) in [7, 11) is 0. The maximum Gasteiger partial charge on any atom is 0.265 e. The smallest absolute Gasteiger partial charge is 0.265 e. The Morgan fingerprint density at radius 3 is 2.79 bits per heavy atom. The molecule has 1 fully saturated rings. The van der Waals surface area contributed by atoms with Gasteiger partial charge in [-0.2, -0.15) is 0 Å². The van der Waals surface area contributed by atoms with Gasteiger partial charge in [-0.15, -0.1) is 0 Å². The van der Waals surface area contributed by atoms with Gasteiger partial charge < -0.3 is 4.74 Å². The number of carbonyl (C=O) groups is 1. The highest BCUT2D eigenvalue weighted by atomic mass is 16.5. The van der Waals surface area contributed by atoms with Crippen LogP contribution in [0, 0.1) is 12.8 Å². The molecule has 1 aromatic rings. The van der Waals surface area contributed by atoms with Crippen LogP contribution < -0.4 is 16.0 Å². The number of aryl methyl sites for hydroxylation is 1. The van der Waals surface area contributed by atoms with E-state index in [4.69, 9.17) is 10.6 Å². The van der Waals surface area contributed by atoms with Gasteiger partial charge in [-0.1, -0.05) is 25.3 Å². The third-order valence-corrected chi connectivity index (χ3v) is 3.78. The topological polar surface area (TPSA) is 64.4 Å². The van der Waals surface area contributed by atoms with Crippen LogP contribution in [0.5, 0.6) is 5.75 Å². The molecule has 2 rings (SSSR count). The van der Waals surface area contributed by atoms with E-state index in [1.165, 1.54) is 32.1 Å². The van der Waals surface area contributed by atoms with Gasteiger partial charge in [0.15, 0.2) is 0 Å². The minimum atomic E-state index is -0.289. The molecule has 0 aliphatic heterocycles. The highest BCUT2D eigenvalue weighted by Gasteiger charge is 2.15. The molecule has 19 heavy (non-hydrogen) atoms. The number of hydrogen-bond donors (Lipinski definition) is 2. The van der Waals surface area contributed by atoms with E-state index in [1.807, 2.05) is 13.0 Å². The molecule has 3 N–H and O–H groups in total. The molecule has 0 aromatic heterocycles. The molecular formula is C15H22N2O2. The van der Waals surface area contributed by atoms with Crippen molar-refractivity contribution in [1.29, 1.82) is 0 Å². The quantitative estimate of drug-likeness (QED) is 0.498. The van der Waals surface area contributed by atoms with Gasteiger partial charge in [-0.25, -0.2) is 5.84 Å². The number of amides is 1. The summed E-state index contributed by atoms with van der Waals surface area (Å²) in [6.07, 6.45) is 6.47. The van der Waals surface area contributed by atoms with Crippen LogP contribution in [0.2, 0.25) is 0 Å². The largest absolute Gasteiger partial charge is 0.493 e. The number of carbonyl (C=O) groups excluding carboxylic acids is 1. The molecule has 1 aliphatic carbocycles. The molecule has 1 saturated carbocycles. The molecular weight excluding hydrogens is 240 g/mol. The Bertz CT molecular complexity index is 440. The minimum Gasteiger partial charge on any atom is -0.493 e. The molecule has 0 heterocycles. The van der Waals surface area contributed by atoms with Crippen molar-refractivity contribution < 1.29 is 9.53 Å². The van der Waals surface area contributed by atoms with Gasteiger partial charge in [0, 0.05) is 5.56 Å². The summed E-state index contributed by atoms with van der Waals surface area (Å²) in [5.41, 5.74) is 3.72. The zero-order valence-corrected chi connectivity index (χ0v) is 11.4. The molecule has 0 unspecified atom stereocenters. The van der Waals surface area contributed by atoms with Crippen LogP contribution in [0.15, 0.2) is 18.2 Å². The summed E-state index contributed by atoms with van der Waals surface area (Å²) >= 11 is 0. The Balaban J connectivity index is 2.00. The van der Waals surface area contributed by atoms with E-state index in [0.29, 0.717) is 11.5 Å². The number of nitrogens with two attached hydrogens (primary N) is 1.